The number of fused-ring (bicyclic) bond motifs is 3. The van der Waals surface area contributed by atoms with Gasteiger partial charge in [-0.2, -0.15) is 0 Å². The van der Waals surface area contributed by atoms with Gasteiger partial charge in [0, 0.05) is 16.5 Å². The molecule has 10 rings (SSSR count). The Morgan fingerprint density at radius 3 is 1.09 bits per heavy atom. The molecule has 55 heavy (non-hydrogen) atoms. The number of para-hydroxylation sites is 2. The fourth-order valence-electron chi connectivity index (χ4n) is 8.43. The third-order valence-corrected chi connectivity index (χ3v) is 10.9. The second kappa shape index (κ2) is 14.0. The second-order valence-electron chi connectivity index (χ2n) is 14.0. The van der Waals surface area contributed by atoms with Crippen molar-refractivity contribution in [3.05, 3.63) is 224 Å². The summed E-state index contributed by atoms with van der Waals surface area (Å²) in [5.41, 5.74) is 13.0. The Morgan fingerprint density at radius 2 is 0.564 bits per heavy atom. The number of nitrogens with zero attached hydrogens (tertiary/aromatic N) is 1. The molecule has 0 atom stereocenters. The van der Waals surface area contributed by atoms with Gasteiger partial charge in [0.15, 0.2) is 0 Å². The number of anilines is 3. The summed E-state index contributed by atoms with van der Waals surface area (Å²) in [4.78, 5) is 2.50. The Bertz CT molecular complexity index is 2800. The van der Waals surface area contributed by atoms with E-state index in [0.29, 0.717) is 0 Å². The predicted octanol–water partition coefficient (Wildman–Crippen LogP) is 15.3. The van der Waals surface area contributed by atoms with Crippen molar-refractivity contribution in [2.75, 3.05) is 4.90 Å². The van der Waals surface area contributed by atoms with Crippen molar-refractivity contribution in [2.45, 2.75) is 0 Å². The highest BCUT2D eigenvalue weighted by Crippen LogP contribution is 2.49. The van der Waals surface area contributed by atoms with Gasteiger partial charge in [-0.05, 0) is 78.5 Å². The highest BCUT2D eigenvalue weighted by molar-refractivity contribution is 6.12. The third-order valence-electron chi connectivity index (χ3n) is 10.9. The van der Waals surface area contributed by atoms with E-state index in [-0.39, 0.29) is 0 Å². The number of hydrogen-bond acceptors (Lipinski definition) is 1. The van der Waals surface area contributed by atoms with Gasteiger partial charge in [-0.25, -0.2) is 0 Å². The Labute approximate surface area is 322 Å². The first-order valence-electron chi connectivity index (χ1n) is 18.9. The average molecular weight is 700 g/mol. The SMILES string of the molecule is c1ccc(-c2cccc3cccc(-c4ccccc4N(c4ccccc4-c4cccc5cccc(-c6ccccc6)c45)c4cccc5ccccc45)c23)cc1. The molecule has 0 aliphatic heterocycles. The van der Waals surface area contributed by atoms with Crippen LogP contribution in [0.5, 0.6) is 0 Å². The van der Waals surface area contributed by atoms with Gasteiger partial charge in [0.05, 0.1) is 17.1 Å². The van der Waals surface area contributed by atoms with Crippen molar-refractivity contribution in [3.8, 4) is 44.5 Å². The highest BCUT2D eigenvalue weighted by atomic mass is 15.1. The van der Waals surface area contributed by atoms with E-state index >= 15 is 0 Å². The van der Waals surface area contributed by atoms with Crippen molar-refractivity contribution in [3.63, 3.8) is 0 Å². The van der Waals surface area contributed by atoms with E-state index in [2.05, 4.69) is 229 Å². The number of rotatable bonds is 7. The first kappa shape index (κ1) is 32.4. The van der Waals surface area contributed by atoms with Crippen LogP contribution in [0.25, 0.3) is 76.8 Å². The van der Waals surface area contributed by atoms with Crippen molar-refractivity contribution < 1.29 is 0 Å². The lowest BCUT2D eigenvalue weighted by Crippen LogP contribution is -2.13. The van der Waals surface area contributed by atoms with Gasteiger partial charge in [-0.1, -0.05) is 206 Å². The molecule has 0 spiro atoms. The molecule has 0 radical (unpaired) electrons. The minimum Gasteiger partial charge on any atom is -0.309 e. The molecule has 1 nitrogen and oxygen atoms in total. The minimum atomic E-state index is 1.12. The normalized spacial score (nSPS) is 11.3. The summed E-state index contributed by atoms with van der Waals surface area (Å²) in [7, 11) is 0. The molecule has 0 unspecified atom stereocenters. The zero-order valence-corrected chi connectivity index (χ0v) is 30.3. The third kappa shape index (κ3) is 5.75. The zero-order chi connectivity index (χ0) is 36.6. The summed E-state index contributed by atoms with van der Waals surface area (Å²) in [6, 6.07) is 81.5. The maximum atomic E-state index is 2.50. The smallest absolute Gasteiger partial charge is 0.0540 e. The van der Waals surface area contributed by atoms with Crippen LogP contribution < -0.4 is 4.90 Å². The van der Waals surface area contributed by atoms with Gasteiger partial charge in [0.2, 0.25) is 0 Å². The lowest BCUT2D eigenvalue weighted by atomic mass is 9.89. The van der Waals surface area contributed by atoms with Gasteiger partial charge in [0.25, 0.3) is 0 Å². The van der Waals surface area contributed by atoms with Crippen molar-refractivity contribution >= 4 is 49.4 Å². The molecule has 0 saturated heterocycles. The van der Waals surface area contributed by atoms with Crippen LogP contribution in [0, 0.1) is 0 Å². The van der Waals surface area contributed by atoms with Crippen LogP contribution in [-0.2, 0) is 0 Å². The molecule has 0 saturated carbocycles. The van der Waals surface area contributed by atoms with Gasteiger partial charge in [-0.15, -0.1) is 0 Å². The van der Waals surface area contributed by atoms with Gasteiger partial charge >= 0.3 is 0 Å². The van der Waals surface area contributed by atoms with Crippen molar-refractivity contribution in [1.82, 2.24) is 0 Å². The molecule has 0 bridgehead atoms. The standard InChI is InChI=1S/C54H37N/c1-3-18-39(19-4-1)44-31-13-24-41-26-15-33-48(53(41)44)46-29-9-11-35-51(46)55(50-37-17-23-38-22-7-8-28-43(38)50)52-36-12-10-30-47(52)49-34-16-27-42-25-14-32-45(54(42)49)40-20-5-2-6-21-40/h1-37H. The van der Waals surface area contributed by atoms with Crippen LogP contribution in [0.1, 0.15) is 0 Å². The highest BCUT2D eigenvalue weighted by Gasteiger charge is 2.24. The van der Waals surface area contributed by atoms with Crippen LogP contribution in [0.2, 0.25) is 0 Å². The van der Waals surface area contributed by atoms with Crippen LogP contribution in [-0.4, -0.2) is 0 Å². The van der Waals surface area contributed by atoms with E-state index in [1.807, 2.05) is 0 Å². The van der Waals surface area contributed by atoms with Crippen LogP contribution in [0.15, 0.2) is 224 Å². The van der Waals surface area contributed by atoms with Crippen LogP contribution in [0.4, 0.5) is 17.1 Å². The Morgan fingerprint density at radius 1 is 0.218 bits per heavy atom. The lowest BCUT2D eigenvalue weighted by Gasteiger charge is -2.31. The van der Waals surface area contributed by atoms with E-state index in [4.69, 9.17) is 0 Å². The van der Waals surface area contributed by atoms with Gasteiger partial charge in [-0.3, -0.25) is 0 Å². The number of benzene rings is 10. The first-order chi connectivity index (χ1) is 27.3. The molecule has 0 amide bonds. The Balaban J connectivity index is 1.28. The quantitative estimate of drug-likeness (QED) is 0.160. The largest absolute Gasteiger partial charge is 0.309 e. The summed E-state index contributed by atoms with van der Waals surface area (Å²) >= 11 is 0. The van der Waals surface area contributed by atoms with Gasteiger partial charge < -0.3 is 4.90 Å². The molecule has 0 heterocycles. The Kier molecular flexibility index (Phi) is 8.24. The zero-order valence-electron chi connectivity index (χ0n) is 30.3. The summed E-state index contributed by atoms with van der Waals surface area (Å²) in [6.07, 6.45) is 0. The number of hydrogen-bond donors (Lipinski definition) is 0. The second-order valence-corrected chi connectivity index (χ2v) is 14.0. The molecule has 10 aromatic rings. The van der Waals surface area contributed by atoms with Crippen molar-refractivity contribution in [1.29, 1.82) is 0 Å². The molecule has 0 aromatic heterocycles. The molecule has 258 valence electrons. The first-order valence-corrected chi connectivity index (χ1v) is 18.9. The summed E-state index contributed by atoms with van der Waals surface area (Å²) in [6.45, 7) is 0. The fraction of sp³-hybridized carbons (Fsp3) is 0. The van der Waals surface area contributed by atoms with E-state index in [9.17, 15) is 0 Å². The molecule has 0 aliphatic carbocycles. The average Bonchev–Trinajstić information content (AvgIpc) is 3.27. The van der Waals surface area contributed by atoms with E-state index < -0.39 is 0 Å². The maximum Gasteiger partial charge on any atom is 0.0540 e. The summed E-state index contributed by atoms with van der Waals surface area (Å²) in [5, 5.41) is 7.33. The monoisotopic (exact) mass is 699 g/mol. The van der Waals surface area contributed by atoms with Crippen LogP contribution in [0.3, 0.4) is 0 Å². The topological polar surface area (TPSA) is 3.24 Å². The van der Waals surface area contributed by atoms with E-state index in [0.717, 1.165) is 17.1 Å². The summed E-state index contributed by atoms with van der Waals surface area (Å²) < 4.78 is 0. The van der Waals surface area contributed by atoms with Gasteiger partial charge in [0.1, 0.15) is 0 Å². The van der Waals surface area contributed by atoms with Crippen LogP contribution >= 0.6 is 0 Å². The predicted molar refractivity (Wildman–Crippen MR) is 235 cm³/mol. The fourth-order valence-corrected chi connectivity index (χ4v) is 8.43. The summed E-state index contributed by atoms with van der Waals surface area (Å²) in [5.74, 6) is 0. The molecule has 0 N–H and O–H groups in total. The van der Waals surface area contributed by atoms with Crippen molar-refractivity contribution in [2.24, 2.45) is 0 Å². The molecular formula is C54H37N. The molecule has 0 fully saturated rings. The molecule has 1 heteroatoms. The molecule has 0 aliphatic rings. The molecule has 10 aromatic carbocycles. The Hall–Kier alpha value is -7.22. The lowest BCUT2D eigenvalue weighted by molar-refractivity contribution is 1.30. The van der Waals surface area contributed by atoms with E-state index in [1.165, 1.54) is 76.8 Å². The maximum absolute atomic E-state index is 2.50. The molecular weight excluding hydrogens is 663 g/mol. The van der Waals surface area contributed by atoms with E-state index in [1.54, 1.807) is 0 Å². The minimum absolute atomic E-state index is 1.12.